The Balaban J connectivity index is 1.42. The van der Waals surface area contributed by atoms with Gasteiger partial charge < -0.3 is 33.5 Å². The molecule has 0 aromatic heterocycles. The molecule has 46 heavy (non-hydrogen) atoms. The minimum atomic E-state index is -0.879. The molecule has 0 bridgehead atoms. The number of carboxylic acid groups (broad SMARTS) is 1. The second kappa shape index (κ2) is 18.3. The third-order valence-corrected chi connectivity index (χ3v) is 7.66. The minimum absolute atomic E-state index is 0.0113. The first-order valence-electron chi connectivity index (χ1n) is 15.7. The van der Waals surface area contributed by atoms with E-state index in [1.165, 1.54) is 0 Å². The van der Waals surface area contributed by atoms with E-state index in [4.69, 9.17) is 28.4 Å². The molecule has 5 atom stereocenters. The second-order valence-electron chi connectivity index (χ2n) is 11.2. The van der Waals surface area contributed by atoms with Gasteiger partial charge in [-0.15, -0.1) is 0 Å². The summed E-state index contributed by atoms with van der Waals surface area (Å²) >= 11 is 0. The molecule has 4 aromatic carbocycles. The van der Waals surface area contributed by atoms with Crippen molar-refractivity contribution in [3.05, 3.63) is 144 Å². The van der Waals surface area contributed by atoms with Crippen LogP contribution in [-0.2, 0) is 59.6 Å². The summed E-state index contributed by atoms with van der Waals surface area (Å²) in [6, 6.07) is 39.7. The molecule has 242 valence electrons. The normalized spacial score (nSPS) is 21.2. The van der Waals surface area contributed by atoms with Crippen LogP contribution in [0, 0.1) is 0 Å². The van der Waals surface area contributed by atoms with Crippen molar-refractivity contribution in [2.45, 2.75) is 70.0 Å². The molecule has 1 saturated heterocycles. The maximum atomic E-state index is 11.2. The molecule has 8 heteroatoms. The Morgan fingerprint density at radius 2 is 1.00 bits per heavy atom. The molecule has 0 aliphatic carbocycles. The van der Waals surface area contributed by atoms with Gasteiger partial charge >= 0.3 is 5.97 Å². The summed E-state index contributed by atoms with van der Waals surface area (Å²) in [7, 11) is 0. The van der Waals surface area contributed by atoms with Gasteiger partial charge in [-0.2, -0.15) is 0 Å². The van der Waals surface area contributed by atoms with Crippen LogP contribution < -0.4 is 0 Å². The van der Waals surface area contributed by atoms with E-state index >= 15 is 0 Å². The third kappa shape index (κ3) is 10.6. The van der Waals surface area contributed by atoms with Crippen LogP contribution in [0.1, 0.15) is 35.1 Å². The van der Waals surface area contributed by atoms with Gasteiger partial charge in [0, 0.05) is 6.42 Å². The summed E-state index contributed by atoms with van der Waals surface area (Å²) in [5.41, 5.74) is 4.06. The highest BCUT2D eigenvalue weighted by Gasteiger charge is 2.49. The van der Waals surface area contributed by atoms with Gasteiger partial charge in [0.25, 0.3) is 0 Å². The smallest absolute Gasteiger partial charge is 0.303 e. The lowest BCUT2D eigenvalue weighted by molar-refractivity contribution is -0.328. The summed E-state index contributed by atoms with van der Waals surface area (Å²) in [5, 5.41) is 9.19. The highest BCUT2D eigenvalue weighted by Crippen LogP contribution is 2.32. The van der Waals surface area contributed by atoms with Crippen LogP contribution in [0.15, 0.2) is 121 Å². The first-order chi connectivity index (χ1) is 22.7. The van der Waals surface area contributed by atoms with Gasteiger partial charge in [-0.1, -0.05) is 121 Å². The van der Waals surface area contributed by atoms with Crippen molar-refractivity contribution >= 4 is 5.97 Å². The molecule has 0 amide bonds. The van der Waals surface area contributed by atoms with Crippen molar-refractivity contribution in [3.8, 4) is 0 Å². The molecule has 8 nitrogen and oxygen atoms in total. The zero-order chi connectivity index (χ0) is 31.8. The van der Waals surface area contributed by atoms with Gasteiger partial charge in [0.15, 0.2) is 6.29 Å². The number of hydrogen-bond acceptors (Lipinski definition) is 7. The maximum absolute atomic E-state index is 11.2. The molecule has 5 rings (SSSR count). The fourth-order valence-corrected chi connectivity index (χ4v) is 5.30. The molecule has 0 spiro atoms. The molecule has 1 heterocycles. The number of benzene rings is 4. The molecular weight excluding hydrogens is 584 g/mol. The predicted octanol–water partition coefficient (Wildman–Crippen LogP) is 6.57. The number of carboxylic acids is 1. The average molecular weight is 627 g/mol. The molecule has 4 aromatic rings. The molecule has 0 radical (unpaired) electrons. The molecule has 1 N–H and O–H groups in total. The fourth-order valence-electron chi connectivity index (χ4n) is 5.30. The minimum Gasteiger partial charge on any atom is -0.481 e. The van der Waals surface area contributed by atoms with Crippen molar-refractivity contribution in [2.24, 2.45) is 0 Å². The van der Waals surface area contributed by atoms with Crippen LogP contribution in [-0.4, -0.2) is 55.0 Å². The van der Waals surface area contributed by atoms with Crippen LogP contribution in [0.3, 0.4) is 0 Å². The van der Waals surface area contributed by atoms with E-state index in [-0.39, 0.29) is 19.6 Å². The molecular formula is C38H42O8. The summed E-state index contributed by atoms with van der Waals surface area (Å²) in [6.07, 6.45) is -2.94. The average Bonchev–Trinajstić information content (AvgIpc) is 3.10. The van der Waals surface area contributed by atoms with Crippen molar-refractivity contribution in [1.82, 2.24) is 0 Å². The summed E-state index contributed by atoms with van der Waals surface area (Å²) in [6.45, 7) is 1.77. The zero-order valence-electron chi connectivity index (χ0n) is 25.9. The lowest BCUT2D eigenvalue weighted by atomic mass is 9.97. The van der Waals surface area contributed by atoms with E-state index < -0.39 is 36.7 Å². The van der Waals surface area contributed by atoms with E-state index in [9.17, 15) is 9.90 Å². The van der Waals surface area contributed by atoms with Crippen LogP contribution in [0.4, 0.5) is 0 Å². The van der Waals surface area contributed by atoms with E-state index in [1.807, 2.05) is 121 Å². The Bertz CT molecular complexity index is 1400. The first kappa shape index (κ1) is 33.5. The predicted molar refractivity (Wildman–Crippen MR) is 173 cm³/mol. The topological polar surface area (TPSA) is 92.7 Å². The van der Waals surface area contributed by atoms with E-state index in [0.717, 1.165) is 22.3 Å². The van der Waals surface area contributed by atoms with Gasteiger partial charge in [-0.05, 0) is 28.7 Å². The maximum Gasteiger partial charge on any atom is 0.303 e. The van der Waals surface area contributed by atoms with Gasteiger partial charge in [0.05, 0.1) is 39.6 Å². The fraction of sp³-hybridized carbons (Fsp3) is 0.342. The second-order valence-corrected chi connectivity index (χ2v) is 11.2. The number of hydrogen-bond donors (Lipinski definition) is 1. The number of rotatable bonds is 18. The van der Waals surface area contributed by atoms with Crippen molar-refractivity contribution in [1.29, 1.82) is 0 Å². The van der Waals surface area contributed by atoms with Crippen LogP contribution in [0.2, 0.25) is 0 Å². The Kier molecular flexibility index (Phi) is 13.3. The molecule has 1 fully saturated rings. The van der Waals surface area contributed by atoms with Crippen molar-refractivity contribution in [3.63, 3.8) is 0 Å². The third-order valence-electron chi connectivity index (χ3n) is 7.66. The molecule has 1 aliphatic heterocycles. The summed E-state index contributed by atoms with van der Waals surface area (Å²) < 4.78 is 38.9. The number of aliphatic carboxylic acids is 1. The van der Waals surface area contributed by atoms with Gasteiger partial charge in [0.1, 0.15) is 24.4 Å². The Morgan fingerprint density at radius 3 is 1.48 bits per heavy atom. The van der Waals surface area contributed by atoms with Crippen LogP contribution >= 0.6 is 0 Å². The number of carbonyl (C=O) groups is 1. The van der Waals surface area contributed by atoms with Gasteiger partial charge in [-0.3, -0.25) is 4.79 Å². The SMILES string of the molecule is O=C(O)CCCO[C@@H]1O[C@H](COCc2ccccc2)[C@@H](OCc2ccccc2)[C@H](OCc2ccccc2)[C@H]1OCc1ccccc1. The van der Waals surface area contributed by atoms with Crippen LogP contribution in [0.5, 0.6) is 0 Å². The lowest BCUT2D eigenvalue weighted by Crippen LogP contribution is -2.61. The Morgan fingerprint density at radius 1 is 0.565 bits per heavy atom. The highest BCUT2D eigenvalue weighted by molar-refractivity contribution is 5.66. The van der Waals surface area contributed by atoms with Crippen LogP contribution in [0.25, 0.3) is 0 Å². The van der Waals surface area contributed by atoms with Crippen molar-refractivity contribution in [2.75, 3.05) is 13.2 Å². The standard InChI is InChI=1S/C38H42O8/c39-34(40)22-13-23-42-38-37(45-27-32-20-11-4-12-21-32)36(44-26-31-18-9-3-10-19-31)35(43-25-30-16-7-2-8-17-30)33(46-38)28-41-24-29-14-5-1-6-15-29/h1-12,14-21,33,35-38H,13,22-28H2,(H,39,40)/t33-,35-,36+,37-,38-/m1/s1. The summed E-state index contributed by atoms with van der Waals surface area (Å²) in [4.78, 5) is 11.2. The van der Waals surface area contributed by atoms with E-state index in [1.54, 1.807) is 0 Å². The summed E-state index contributed by atoms with van der Waals surface area (Å²) in [5.74, 6) is -0.879. The van der Waals surface area contributed by atoms with Crippen molar-refractivity contribution < 1.29 is 38.3 Å². The van der Waals surface area contributed by atoms with E-state index in [0.29, 0.717) is 32.8 Å². The highest BCUT2D eigenvalue weighted by atomic mass is 16.7. The number of ether oxygens (including phenoxy) is 6. The molecule has 0 unspecified atom stereocenters. The quantitative estimate of drug-likeness (QED) is 0.124. The zero-order valence-corrected chi connectivity index (χ0v) is 25.9. The van der Waals surface area contributed by atoms with Gasteiger partial charge in [-0.25, -0.2) is 0 Å². The molecule has 0 saturated carbocycles. The Hall–Kier alpha value is -3.89. The largest absolute Gasteiger partial charge is 0.481 e. The van der Waals surface area contributed by atoms with Gasteiger partial charge in [0.2, 0.25) is 0 Å². The molecule has 1 aliphatic rings. The lowest BCUT2D eigenvalue weighted by Gasteiger charge is -2.46. The Labute approximate surface area is 270 Å². The first-order valence-corrected chi connectivity index (χ1v) is 15.7. The monoisotopic (exact) mass is 626 g/mol. The van der Waals surface area contributed by atoms with E-state index in [2.05, 4.69) is 0 Å².